The first kappa shape index (κ1) is 16.4. The maximum absolute atomic E-state index is 12.3. The van der Waals surface area contributed by atoms with Crippen LogP contribution >= 0.6 is 0 Å². The van der Waals surface area contributed by atoms with E-state index in [-0.39, 0.29) is 12.8 Å². The van der Waals surface area contributed by atoms with Crippen LogP contribution in [0.5, 0.6) is 0 Å². The first-order chi connectivity index (χ1) is 9.31. The molecule has 0 bridgehead atoms. The molecular formula is C14H20O6. The molecule has 0 aromatic carbocycles. The van der Waals surface area contributed by atoms with Crippen molar-refractivity contribution in [1.29, 1.82) is 0 Å². The third-order valence-electron chi connectivity index (χ3n) is 4.59. The van der Waals surface area contributed by atoms with Crippen LogP contribution in [0.1, 0.15) is 32.6 Å². The molecule has 0 saturated heterocycles. The molecule has 0 heterocycles. The van der Waals surface area contributed by atoms with Gasteiger partial charge in [-0.05, 0) is 31.3 Å². The van der Waals surface area contributed by atoms with Crippen LogP contribution in [0.4, 0.5) is 0 Å². The van der Waals surface area contributed by atoms with Crippen LogP contribution in [-0.4, -0.2) is 39.6 Å². The van der Waals surface area contributed by atoms with Gasteiger partial charge in [-0.15, -0.1) is 0 Å². The second-order valence-electron chi connectivity index (χ2n) is 5.34. The molecule has 1 aliphatic rings. The number of aliphatic carboxylic acids is 2. The van der Waals surface area contributed by atoms with Gasteiger partial charge in [0.15, 0.2) is 5.78 Å². The molecule has 1 fully saturated rings. The molecule has 0 aliphatic heterocycles. The van der Waals surface area contributed by atoms with E-state index in [9.17, 15) is 29.7 Å². The summed E-state index contributed by atoms with van der Waals surface area (Å²) in [6.07, 6.45) is 1.63. The smallest absolute Gasteiger partial charge is 0.319 e. The number of rotatable bonds is 6. The number of hydrogen-bond acceptors (Lipinski definition) is 4. The van der Waals surface area contributed by atoms with E-state index in [4.69, 9.17) is 0 Å². The van der Waals surface area contributed by atoms with E-state index in [0.717, 1.165) is 6.08 Å². The monoisotopic (exact) mass is 284 g/mol. The Morgan fingerprint density at radius 3 is 2.30 bits per heavy atom. The Labute approximate surface area is 117 Å². The Hall–Kier alpha value is -1.69. The van der Waals surface area contributed by atoms with Crippen LogP contribution in [0, 0.1) is 16.7 Å². The number of carbonyl (C=O) groups is 3. The van der Waals surface area contributed by atoms with E-state index in [1.807, 2.05) is 0 Å². The zero-order valence-corrected chi connectivity index (χ0v) is 11.5. The zero-order valence-electron chi connectivity index (χ0n) is 11.5. The number of carboxylic acid groups (broad SMARTS) is 2. The lowest BCUT2D eigenvalue weighted by Crippen LogP contribution is -2.62. The van der Waals surface area contributed by atoms with Crippen LogP contribution < -0.4 is 0 Å². The molecule has 1 saturated carbocycles. The number of ketones is 1. The van der Waals surface area contributed by atoms with Gasteiger partial charge >= 0.3 is 11.9 Å². The first-order valence-corrected chi connectivity index (χ1v) is 6.55. The highest BCUT2D eigenvalue weighted by molar-refractivity contribution is 6.12. The van der Waals surface area contributed by atoms with Crippen LogP contribution in [0.15, 0.2) is 12.7 Å². The topological polar surface area (TPSA) is 112 Å². The summed E-state index contributed by atoms with van der Waals surface area (Å²) in [4.78, 5) is 36.0. The van der Waals surface area contributed by atoms with Gasteiger partial charge in [-0.2, -0.15) is 0 Å². The van der Waals surface area contributed by atoms with Gasteiger partial charge in [-0.25, -0.2) is 0 Å². The van der Waals surface area contributed by atoms with Crippen molar-refractivity contribution in [2.24, 2.45) is 16.7 Å². The SMILES string of the molecule is C=CC(=O)C1(C(=O)O)C(C)CCCC1(CCO)C(=O)O. The van der Waals surface area contributed by atoms with Gasteiger partial charge in [-0.1, -0.05) is 19.9 Å². The van der Waals surface area contributed by atoms with E-state index in [1.165, 1.54) is 0 Å². The predicted octanol–water partition coefficient (Wildman–Crippen LogP) is 1.09. The summed E-state index contributed by atoms with van der Waals surface area (Å²) in [6, 6.07) is 0. The molecule has 1 aliphatic carbocycles. The summed E-state index contributed by atoms with van der Waals surface area (Å²) in [6.45, 7) is 4.40. The molecule has 6 nitrogen and oxygen atoms in total. The number of carboxylic acids is 2. The lowest BCUT2D eigenvalue weighted by atomic mass is 9.49. The lowest BCUT2D eigenvalue weighted by Gasteiger charge is -2.50. The van der Waals surface area contributed by atoms with Crippen molar-refractivity contribution in [2.45, 2.75) is 32.6 Å². The molecule has 0 aromatic rings. The Morgan fingerprint density at radius 2 is 1.90 bits per heavy atom. The van der Waals surface area contributed by atoms with E-state index >= 15 is 0 Å². The van der Waals surface area contributed by atoms with E-state index < -0.39 is 41.1 Å². The van der Waals surface area contributed by atoms with Crippen LogP contribution in [-0.2, 0) is 14.4 Å². The van der Waals surface area contributed by atoms with Crippen LogP contribution in [0.2, 0.25) is 0 Å². The van der Waals surface area contributed by atoms with Crippen LogP contribution in [0.3, 0.4) is 0 Å². The molecule has 3 atom stereocenters. The minimum atomic E-state index is -2.07. The van der Waals surface area contributed by atoms with Crippen molar-refractivity contribution in [1.82, 2.24) is 0 Å². The summed E-state index contributed by atoms with van der Waals surface area (Å²) < 4.78 is 0. The highest BCUT2D eigenvalue weighted by atomic mass is 16.4. The standard InChI is InChI=1S/C14H20O6/c1-3-10(16)14(12(19)20)9(2)5-4-6-13(14,7-8-15)11(17)18/h3,9,15H,1,4-8H2,2H3,(H,17,18)(H,19,20). The molecule has 0 amide bonds. The van der Waals surface area contributed by atoms with Gasteiger partial charge in [0.1, 0.15) is 5.41 Å². The molecule has 0 spiro atoms. The fourth-order valence-corrected chi connectivity index (χ4v) is 3.65. The van der Waals surface area contributed by atoms with Crippen molar-refractivity contribution in [2.75, 3.05) is 6.61 Å². The van der Waals surface area contributed by atoms with Crippen molar-refractivity contribution in [3.05, 3.63) is 12.7 Å². The minimum Gasteiger partial charge on any atom is -0.481 e. The third kappa shape index (κ3) is 1.95. The van der Waals surface area contributed by atoms with Crippen LogP contribution in [0.25, 0.3) is 0 Å². The summed E-state index contributed by atoms with van der Waals surface area (Å²) in [7, 11) is 0. The Bertz CT molecular complexity index is 439. The second-order valence-corrected chi connectivity index (χ2v) is 5.34. The molecule has 6 heteroatoms. The maximum Gasteiger partial charge on any atom is 0.319 e. The fraction of sp³-hybridized carbons (Fsp3) is 0.643. The number of aliphatic hydroxyl groups is 1. The normalized spacial score (nSPS) is 33.4. The summed E-state index contributed by atoms with van der Waals surface area (Å²) >= 11 is 0. The van der Waals surface area contributed by atoms with Gasteiger partial charge in [0.2, 0.25) is 0 Å². The molecule has 112 valence electrons. The predicted molar refractivity (Wildman–Crippen MR) is 70.1 cm³/mol. The van der Waals surface area contributed by atoms with Gasteiger partial charge < -0.3 is 15.3 Å². The average molecular weight is 284 g/mol. The largest absolute Gasteiger partial charge is 0.481 e. The highest BCUT2D eigenvalue weighted by Gasteiger charge is 2.68. The summed E-state index contributed by atoms with van der Waals surface area (Å²) in [5.74, 6) is -4.24. The second kappa shape index (κ2) is 5.75. The Kier molecular flexibility index (Phi) is 4.70. The molecule has 1 rings (SSSR count). The van der Waals surface area contributed by atoms with Gasteiger partial charge in [0.25, 0.3) is 0 Å². The molecule has 0 radical (unpaired) electrons. The maximum atomic E-state index is 12.3. The molecule has 3 unspecified atom stereocenters. The lowest BCUT2D eigenvalue weighted by molar-refractivity contribution is -0.189. The summed E-state index contributed by atoms with van der Waals surface area (Å²) in [5.41, 5.74) is -3.86. The van der Waals surface area contributed by atoms with Crippen molar-refractivity contribution in [3.63, 3.8) is 0 Å². The quantitative estimate of drug-likeness (QED) is 0.497. The summed E-state index contributed by atoms with van der Waals surface area (Å²) in [5, 5.41) is 28.5. The molecule has 0 aromatic heterocycles. The fourth-order valence-electron chi connectivity index (χ4n) is 3.65. The van der Waals surface area contributed by atoms with E-state index in [0.29, 0.717) is 12.8 Å². The number of hydrogen-bond donors (Lipinski definition) is 3. The number of aliphatic hydroxyl groups excluding tert-OH is 1. The molecule has 3 N–H and O–H groups in total. The number of carbonyl (C=O) groups excluding carboxylic acids is 1. The van der Waals surface area contributed by atoms with E-state index in [1.54, 1.807) is 6.92 Å². The Morgan fingerprint density at radius 1 is 1.30 bits per heavy atom. The molecule has 20 heavy (non-hydrogen) atoms. The minimum absolute atomic E-state index is 0.0547. The third-order valence-corrected chi connectivity index (χ3v) is 4.59. The van der Waals surface area contributed by atoms with Gasteiger partial charge in [-0.3, -0.25) is 14.4 Å². The highest BCUT2D eigenvalue weighted by Crippen LogP contribution is 2.57. The molecular weight excluding hydrogens is 264 g/mol. The zero-order chi connectivity index (χ0) is 15.6. The van der Waals surface area contributed by atoms with Crippen molar-refractivity contribution in [3.8, 4) is 0 Å². The van der Waals surface area contributed by atoms with Gasteiger partial charge in [0, 0.05) is 6.61 Å². The Balaban J connectivity index is 3.65. The first-order valence-electron chi connectivity index (χ1n) is 6.55. The number of allylic oxidation sites excluding steroid dienone is 1. The van der Waals surface area contributed by atoms with Gasteiger partial charge in [0.05, 0.1) is 5.41 Å². The van der Waals surface area contributed by atoms with Crippen molar-refractivity contribution >= 4 is 17.7 Å². The van der Waals surface area contributed by atoms with Crippen molar-refractivity contribution < 1.29 is 29.7 Å². The van der Waals surface area contributed by atoms with E-state index in [2.05, 4.69) is 6.58 Å². The average Bonchev–Trinajstić information content (AvgIpc) is 2.38.